The van der Waals surface area contributed by atoms with Crippen LogP contribution in [0.3, 0.4) is 0 Å². The summed E-state index contributed by atoms with van der Waals surface area (Å²) in [6, 6.07) is 6.11. The van der Waals surface area contributed by atoms with Gasteiger partial charge in [0.1, 0.15) is 12.1 Å². The van der Waals surface area contributed by atoms with Gasteiger partial charge in [-0.1, -0.05) is 31.4 Å². The second kappa shape index (κ2) is 6.66. The maximum atomic E-state index is 12.7. The maximum Gasteiger partial charge on any atom is 0.325 e. The molecule has 1 saturated heterocycles. The minimum Gasteiger partial charge on any atom is -0.324 e. The molecule has 7 heteroatoms. The molecule has 4 amide bonds. The molecule has 1 saturated carbocycles. The molecule has 0 bridgehead atoms. The molecular weight excluding hydrogens is 322 g/mol. The van der Waals surface area contributed by atoms with Gasteiger partial charge in [0.25, 0.3) is 5.91 Å². The molecule has 2 aliphatic rings. The lowest BCUT2D eigenvalue weighted by atomic mass is 9.82. The van der Waals surface area contributed by atoms with Crippen molar-refractivity contribution in [1.82, 2.24) is 10.2 Å². The van der Waals surface area contributed by atoms with Crippen molar-refractivity contribution in [2.45, 2.75) is 44.6 Å². The predicted octanol–water partition coefficient (Wildman–Crippen LogP) is 2.08. The third-order valence-electron chi connectivity index (χ3n) is 4.84. The SMILES string of the molecule is CC(=O)c1ccccc1NC(=O)CN1C(=O)NC2(CCCCC2)C1=O. The van der Waals surface area contributed by atoms with Crippen LogP contribution < -0.4 is 10.6 Å². The van der Waals surface area contributed by atoms with Crippen LogP contribution in [-0.4, -0.2) is 40.6 Å². The highest BCUT2D eigenvalue weighted by atomic mass is 16.2. The highest BCUT2D eigenvalue weighted by molar-refractivity contribution is 6.11. The van der Waals surface area contributed by atoms with E-state index in [4.69, 9.17) is 0 Å². The number of para-hydroxylation sites is 1. The van der Waals surface area contributed by atoms with E-state index in [-0.39, 0.29) is 18.2 Å². The number of amides is 4. The van der Waals surface area contributed by atoms with Gasteiger partial charge in [0, 0.05) is 5.56 Å². The number of hydrogen-bond donors (Lipinski definition) is 2. The Labute approximate surface area is 145 Å². The number of urea groups is 1. The van der Waals surface area contributed by atoms with Gasteiger partial charge in [0.15, 0.2) is 5.78 Å². The van der Waals surface area contributed by atoms with Crippen molar-refractivity contribution in [3.05, 3.63) is 29.8 Å². The van der Waals surface area contributed by atoms with Gasteiger partial charge in [-0.2, -0.15) is 0 Å². The number of carbonyl (C=O) groups is 4. The van der Waals surface area contributed by atoms with Crippen LogP contribution in [0.25, 0.3) is 0 Å². The molecule has 7 nitrogen and oxygen atoms in total. The van der Waals surface area contributed by atoms with Crippen LogP contribution in [0, 0.1) is 0 Å². The molecule has 132 valence electrons. The Morgan fingerprint density at radius 3 is 2.52 bits per heavy atom. The zero-order valence-electron chi connectivity index (χ0n) is 14.1. The number of carbonyl (C=O) groups excluding carboxylic acids is 4. The Morgan fingerprint density at radius 1 is 1.16 bits per heavy atom. The summed E-state index contributed by atoms with van der Waals surface area (Å²) < 4.78 is 0. The molecule has 0 radical (unpaired) electrons. The average molecular weight is 343 g/mol. The molecular formula is C18H21N3O4. The van der Waals surface area contributed by atoms with E-state index in [9.17, 15) is 19.2 Å². The van der Waals surface area contributed by atoms with Crippen LogP contribution in [0.4, 0.5) is 10.5 Å². The number of hydrogen-bond acceptors (Lipinski definition) is 4. The minimum atomic E-state index is -0.840. The summed E-state index contributed by atoms with van der Waals surface area (Å²) in [5.74, 6) is -1.01. The molecule has 1 spiro atoms. The van der Waals surface area contributed by atoms with Crippen molar-refractivity contribution in [3.63, 3.8) is 0 Å². The van der Waals surface area contributed by atoms with E-state index >= 15 is 0 Å². The lowest BCUT2D eigenvalue weighted by Crippen LogP contribution is -2.48. The molecule has 25 heavy (non-hydrogen) atoms. The molecule has 0 unspecified atom stereocenters. The second-order valence-electron chi connectivity index (χ2n) is 6.61. The Balaban J connectivity index is 1.70. The van der Waals surface area contributed by atoms with Crippen LogP contribution in [0.1, 0.15) is 49.4 Å². The maximum absolute atomic E-state index is 12.7. The standard InChI is InChI=1S/C18H21N3O4/c1-12(22)13-7-3-4-8-14(13)19-15(23)11-21-16(24)18(20-17(21)25)9-5-2-6-10-18/h3-4,7-8H,2,5-6,9-11H2,1H3,(H,19,23)(H,20,25). The van der Waals surface area contributed by atoms with Crippen molar-refractivity contribution in [3.8, 4) is 0 Å². The second-order valence-corrected chi connectivity index (χ2v) is 6.61. The van der Waals surface area contributed by atoms with Crippen molar-refractivity contribution in [1.29, 1.82) is 0 Å². The van der Waals surface area contributed by atoms with Gasteiger partial charge in [-0.15, -0.1) is 0 Å². The first-order chi connectivity index (χ1) is 11.9. The van der Waals surface area contributed by atoms with E-state index in [0.717, 1.165) is 24.2 Å². The minimum absolute atomic E-state index is 0.174. The number of imide groups is 1. The van der Waals surface area contributed by atoms with Gasteiger partial charge in [-0.3, -0.25) is 19.3 Å². The van der Waals surface area contributed by atoms with Crippen molar-refractivity contribution in [2.24, 2.45) is 0 Å². The molecule has 1 aliphatic heterocycles. The monoisotopic (exact) mass is 343 g/mol. The number of rotatable bonds is 4. The van der Waals surface area contributed by atoms with Crippen molar-refractivity contribution in [2.75, 3.05) is 11.9 Å². The van der Waals surface area contributed by atoms with Crippen LogP contribution in [0.15, 0.2) is 24.3 Å². The number of Topliss-reactive ketones (excluding diaryl/α,β-unsaturated/α-hetero) is 1. The largest absolute Gasteiger partial charge is 0.325 e. The Hall–Kier alpha value is -2.70. The highest BCUT2D eigenvalue weighted by Crippen LogP contribution is 2.33. The van der Waals surface area contributed by atoms with Crippen molar-refractivity contribution >= 4 is 29.3 Å². The number of nitrogens with one attached hydrogen (secondary N) is 2. The van der Waals surface area contributed by atoms with Gasteiger partial charge in [-0.05, 0) is 31.9 Å². The van der Waals surface area contributed by atoms with Gasteiger partial charge < -0.3 is 10.6 Å². The van der Waals surface area contributed by atoms with E-state index in [1.807, 2.05) is 0 Å². The van der Waals surface area contributed by atoms with Gasteiger partial charge >= 0.3 is 6.03 Å². The normalized spacial score (nSPS) is 19.0. The third kappa shape index (κ3) is 3.26. The smallest absolute Gasteiger partial charge is 0.324 e. The van der Waals surface area contributed by atoms with E-state index in [0.29, 0.717) is 24.1 Å². The average Bonchev–Trinajstić information content (AvgIpc) is 2.80. The first-order valence-electron chi connectivity index (χ1n) is 8.47. The summed E-state index contributed by atoms with van der Waals surface area (Å²) in [5, 5.41) is 5.39. The third-order valence-corrected chi connectivity index (χ3v) is 4.84. The fourth-order valence-electron chi connectivity index (χ4n) is 3.55. The van der Waals surface area contributed by atoms with E-state index in [1.165, 1.54) is 6.92 Å². The summed E-state index contributed by atoms with van der Waals surface area (Å²) in [4.78, 5) is 49.7. The summed E-state index contributed by atoms with van der Waals surface area (Å²) in [7, 11) is 0. The molecule has 1 heterocycles. The number of anilines is 1. The molecule has 0 aromatic heterocycles. The number of benzene rings is 1. The van der Waals surface area contributed by atoms with Crippen LogP contribution in [0.5, 0.6) is 0 Å². The molecule has 2 fully saturated rings. The number of ketones is 1. The van der Waals surface area contributed by atoms with Crippen molar-refractivity contribution < 1.29 is 19.2 Å². The van der Waals surface area contributed by atoms with Crippen LogP contribution >= 0.6 is 0 Å². The lowest BCUT2D eigenvalue weighted by Gasteiger charge is -2.30. The first kappa shape index (κ1) is 17.1. The zero-order valence-corrected chi connectivity index (χ0v) is 14.1. The van der Waals surface area contributed by atoms with Crippen LogP contribution in [-0.2, 0) is 9.59 Å². The van der Waals surface area contributed by atoms with E-state index in [2.05, 4.69) is 10.6 Å². The Morgan fingerprint density at radius 2 is 1.84 bits per heavy atom. The van der Waals surface area contributed by atoms with E-state index in [1.54, 1.807) is 24.3 Å². The molecule has 0 atom stereocenters. The molecule has 1 aromatic rings. The molecule has 1 aromatic carbocycles. The first-order valence-corrected chi connectivity index (χ1v) is 8.47. The zero-order chi connectivity index (χ0) is 18.0. The predicted molar refractivity (Wildman–Crippen MR) is 91.1 cm³/mol. The topological polar surface area (TPSA) is 95.6 Å². The number of nitrogens with zero attached hydrogens (tertiary/aromatic N) is 1. The molecule has 3 rings (SSSR count). The van der Waals surface area contributed by atoms with Gasteiger partial charge in [0.2, 0.25) is 5.91 Å². The summed E-state index contributed by atoms with van der Waals surface area (Å²) in [6.45, 7) is 1.05. The van der Waals surface area contributed by atoms with E-state index < -0.39 is 17.5 Å². The summed E-state index contributed by atoms with van der Waals surface area (Å²) in [6.07, 6.45) is 4.05. The van der Waals surface area contributed by atoms with Gasteiger partial charge in [0.05, 0.1) is 5.69 Å². The van der Waals surface area contributed by atoms with Crippen LogP contribution in [0.2, 0.25) is 0 Å². The molecule has 1 aliphatic carbocycles. The van der Waals surface area contributed by atoms with Gasteiger partial charge in [-0.25, -0.2) is 4.79 Å². The Kier molecular flexibility index (Phi) is 4.57. The Bertz CT molecular complexity index is 738. The fraction of sp³-hybridized carbons (Fsp3) is 0.444. The summed E-state index contributed by atoms with van der Waals surface area (Å²) in [5.41, 5.74) is -0.0800. The fourth-order valence-corrected chi connectivity index (χ4v) is 3.55. The highest BCUT2D eigenvalue weighted by Gasteiger charge is 2.51. The lowest BCUT2D eigenvalue weighted by molar-refractivity contribution is -0.134. The molecule has 2 N–H and O–H groups in total. The summed E-state index contributed by atoms with van der Waals surface area (Å²) >= 11 is 0. The quantitative estimate of drug-likeness (QED) is 0.646.